The molecule has 1 nitrogen and oxygen atoms in total. The molecule has 0 amide bonds. The SMILES string of the molecule is CC1CCC(C(N)Cc2ccc(C(F)(F)F)cc2)C1. The maximum absolute atomic E-state index is 12.4. The molecule has 0 saturated heterocycles. The molecule has 0 bridgehead atoms. The van der Waals surface area contributed by atoms with Crippen LogP contribution in [0.25, 0.3) is 0 Å². The fourth-order valence-corrected chi connectivity index (χ4v) is 2.91. The van der Waals surface area contributed by atoms with Crippen LogP contribution in [-0.4, -0.2) is 6.04 Å². The van der Waals surface area contributed by atoms with E-state index in [4.69, 9.17) is 5.73 Å². The van der Waals surface area contributed by atoms with Gasteiger partial charge in [-0.3, -0.25) is 0 Å². The van der Waals surface area contributed by atoms with Crippen LogP contribution in [-0.2, 0) is 12.6 Å². The zero-order chi connectivity index (χ0) is 14.0. The summed E-state index contributed by atoms with van der Waals surface area (Å²) < 4.78 is 37.3. The van der Waals surface area contributed by atoms with Crippen molar-refractivity contribution in [2.75, 3.05) is 0 Å². The van der Waals surface area contributed by atoms with E-state index in [2.05, 4.69) is 6.92 Å². The van der Waals surface area contributed by atoms with Crippen LogP contribution in [0.15, 0.2) is 24.3 Å². The summed E-state index contributed by atoms with van der Waals surface area (Å²) in [6.07, 6.45) is -0.104. The van der Waals surface area contributed by atoms with Gasteiger partial charge in [0.25, 0.3) is 0 Å². The summed E-state index contributed by atoms with van der Waals surface area (Å²) in [5, 5.41) is 0. The molecule has 3 unspecified atom stereocenters. The molecule has 0 heterocycles. The molecule has 0 aliphatic heterocycles. The molecule has 1 aromatic rings. The van der Waals surface area contributed by atoms with Crippen LogP contribution in [0, 0.1) is 11.8 Å². The first-order chi connectivity index (χ1) is 8.86. The Morgan fingerprint density at radius 2 is 1.84 bits per heavy atom. The Bertz CT molecular complexity index is 410. The van der Waals surface area contributed by atoms with E-state index >= 15 is 0 Å². The Kier molecular flexibility index (Phi) is 4.19. The molecule has 1 aromatic carbocycles. The van der Waals surface area contributed by atoms with E-state index in [0.717, 1.165) is 36.5 Å². The summed E-state index contributed by atoms with van der Waals surface area (Å²) in [7, 11) is 0. The van der Waals surface area contributed by atoms with Crippen molar-refractivity contribution in [3.8, 4) is 0 Å². The summed E-state index contributed by atoms with van der Waals surface area (Å²) in [5.41, 5.74) is 6.47. The lowest BCUT2D eigenvalue weighted by Gasteiger charge is -2.19. The number of benzene rings is 1. The zero-order valence-corrected chi connectivity index (χ0v) is 11.1. The number of rotatable bonds is 3. The number of halogens is 3. The predicted molar refractivity (Wildman–Crippen MR) is 69.6 cm³/mol. The molecule has 1 aliphatic carbocycles. The number of hydrogen-bond acceptors (Lipinski definition) is 1. The van der Waals surface area contributed by atoms with Crippen molar-refractivity contribution >= 4 is 0 Å². The minimum absolute atomic E-state index is 0.0571. The van der Waals surface area contributed by atoms with E-state index in [9.17, 15) is 13.2 Å². The molecule has 0 spiro atoms. The Hall–Kier alpha value is -1.03. The van der Waals surface area contributed by atoms with Crippen LogP contribution in [0.5, 0.6) is 0 Å². The standard InChI is InChI=1S/C15H20F3N/c1-10-2-5-12(8-10)14(19)9-11-3-6-13(7-4-11)15(16,17)18/h3-4,6-7,10,12,14H,2,5,8-9,19H2,1H3. The van der Waals surface area contributed by atoms with Crippen molar-refractivity contribution < 1.29 is 13.2 Å². The average molecular weight is 271 g/mol. The maximum Gasteiger partial charge on any atom is 0.416 e. The highest BCUT2D eigenvalue weighted by Gasteiger charge is 2.30. The van der Waals surface area contributed by atoms with Gasteiger partial charge in [0.2, 0.25) is 0 Å². The van der Waals surface area contributed by atoms with Gasteiger partial charge in [-0.05, 0) is 48.8 Å². The van der Waals surface area contributed by atoms with E-state index < -0.39 is 11.7 Å². The van der Waals surface area contributed by atoms with E-state index in [0.29, 0.717) is 12.3 Å². The van der Waals surface area contributed by atoms with Crippen molar-refractivity contribution in [2.45, 2.75) is 44.8 Å². The maximum atomic E-state index is 12.4. The van der Waals surface area contributed by atoms with Crippen molar-refractivity contribution in [3.63, 3.8) is 0 Å². The minimum Gasteiger partial charge on any atom is -0.327 e. The number of alkyl halides is 3. The molecule has 4 heteroatoms. The second-order valence-corrected chi connectivity index (χ2v) is 5.74. The van der Waals surface area contributed by atoms with Crippen molar-refractivity contribution in [3.05, 3.63) is 35.4 Å². The normalized spacial score (nSPS) is 25.5. The van der Waals surface area contributed by atoms with Crippen LogP contribution < -0.4 is 5.73 Å². The summed E-state index contributed by atoms with van der Waals surface area (Å²) in [6.45, 7) is 2.23. The second kappa shape index (κ2) is 5.53. The number of hydrogen-bond donors (Lipinski definition) is 1. The van der Waals surface area contributed by atoms with Gasteiger partial charge in [0.05, 0.1) is 5.56 Å². The minimum atomic E-state index is -4.26. The predicted octanol–water partition coefficient (Wildman–Crippen LogP) is 4.01. The summed E-state index contributed by atoms with van der Waals surface area (Å²) in [4.78, 5) is 0. The van der Waals surface area contributed by atoms with Gasteiger partial charge in [-0.2, -0.15) is 13.2 Å². The van der Waals surface area contributed by atoms with E-state index in [-0.39, 0.29) is 6.04 Å². The molecule has 2 N–H and O–H groups in total. The molecule has 1 fully saturated rings. The molecule has 3 atom stereocenters. The largest absolute Gasteiger partial charge is 0.416 e. The van der Waals surface area contributed by atoms with Gasteiger partial charge in [0.1, 0.15) is 0 Å². The van der Waals surface area contributed by atoms with E-state index in [1.165, 1.54) is 6.42 Å². The van der Waals surface area contributed by atoms with Crippen molar-refractivity contribution in [1.29, 1.82) is 0 Å². The lowest BCUT2D eigenvalue weighted by Crippen LogP contribution is -2.30. The van der Waals surface area contributed by atoms with Gasteiger partial charge in [-0.1, -0.05) is 25.5 Å². The first-order valence-electron chi connectivity index (χ1n) is 6.78. The van der Waals surface area contributed by atoms with Crippen molar-refractivity contribution in [1.82, 2.24) is 0 Å². The molecular weight excluding hydrogens is 251 g/mol. The lowest BCUT2D eigenvalue weighted by atomic mass is 9.92. The monoisotopic (exact) mass is 271 g/mol. The van der Waals surface area contributed by atoms with E-state index in [1.807, 2.05) is 0 Å². The second-order valence-electron chi connectivity index (χ2n) is 5.74. The van der Waals surface area contributed by atoms with E-state index in [1.54, 1.807) is 12.1 Å². The fourth-order valence-electron chi connectivity index (χ4n) is 2.91. The summed E-state index contributed by atoms with van der Waals surface area (Å²) >= 11 is 0. The molecular formula is C15H20F3N. The Morgan fingerprint density at radius 1 is 1.21 bits per heavy atom. The third kappa shape index (κ3) is 3.72. The van der Waals surface area contributed by atoms with Gasteiger partial charge >= 0.3 is 6.18 Å². The van der Waals surface area contributed by atoms with Gasteiger partial charge in [0, 0.05) is 6.04 Å². The molecule has 19 heavy (non-hydrogen) atoms. The Labute approximate surface area is 112 Å². The quantitative estimate of drug-likeness (QED) is 0.883. The van der Waals surface area contributed by atoms with Crippen molar-refractivity contribution in [2.24, 2.45) is 17.6 Å². The highest BCUT2D eigenvalue weighted by Crippen LogP contribution is 2.33. The summed E-state index contributed by atoms with van der Waals surface area (Å²) in [6, 6.07) is 5.42. The first-order valence-corrected chi connectivity index (χ1v) is 6.78. The Balaban J connectivity index is 1.96. The third-order valence-electron chi connectivity index (χ3n) is 4.09. The summed E-state index contributed by atoms with van der Waals surface area (Å²) in [5.74, 6) is 1.24. The highest BCUT2D eigenvalue weighted by molar-refractivity contribution is 5.25. The third-order valence-corrected chi connectivity index (χ3v) is 4.09. The molecule has 2 rings (SSSR count). The molecule has 0 aromatic heterocycles. The first kappa shape index (κ1) is 14.4. The zero-order valence-electron chi connectivity index (χ0n) is 11.1. The Morgan fingerprint density at radius 3 is 2.32 bits per heavy atom. The average Bonchev–Trinajstić information content (AvgIpc) is 2.75. The van der Waals surface area contributed by atoms with Crippen LogP contribution in [0.1, 0.15) is 37.3 Å². The fraction of sp³-hybridized carbons (Fsp3) is 0.600. The van der Waals surface area contributed by atoms with Gasteiger partial charge in [0.15, 0.2) is 0 Å². The van der Waals surface area contributed by atoms with Crippen LogP contribution in [0.2, 0.25) is 0 Å². The molecule has 1 saturated carbocycles. The van der Waals surface area contributed by atoms with Gasteiger partial charge < -0.3 is 5.73 Å². The molecule has 106 valence electrons. The smallest absolute Gasteiger partial charge is 0.327 e. The van der Waals surface area contributed by atoms with Crippen LogP contribution >= 0.6 is 0 Å². The topological polar surface area (TPSA) is 26.0 Å². The highest BCUT2D eigenvalue weighted by atomic mass is 19.4. The van der Waals surface area contributed by atoms with Crippen LogP contribution in [0.3, 0.4) is 0 Å². The number of nitrogens with two attached hydrogens (primary N) is 1. The van der Waals surface area contributed by atoms with Crippen LogP contribution in [0.4, 0.5) is 13.2 Å². The van der Waals surface area contributed by atoms with Gasteiger partial charge in [-0.25, -0.2) is 0 Å². The molecule has 1 aliphatic rings. The molecule has 0 radical (unpaired) electrons. The lowest BCUT2D eigenvalue weighted by molar-refractivity contribution is -0.137. The van der Waals surface area contributed by atoms with Gasteiger partial charge in [-0.15, -0.1) is 0 Å².